The topological polar surface area (TPSA) is 34.1 Å². The molecule has 1 aromatic heterocycles. The first-order chi connectivity index (χ1) is 8.86. The summed E-state index contributed by atoms with van der Waals surface area (Å²) in [6.45, 7) is 1.88. The lowest BCUT2D eigenvalue weighted by Gasteiger charge is -2.01. The third kappa shape index (κ3) is 3.31. The van der Waals surface area contributed by atoms with E-state index in [-0.39, 0.29) is 0 Å². The molecule has 2 aliphatic rings. The maximum Gasteiger partial charge on any atom is 0.0932 e. The average Bonchev–Trinajstić information content (AvgIpc) is 3.27. The van der Waals surface area contributed by atoms with Crippen molar-refractivity contribution in [3.05, 3.63) is 15.6 Å². The van der Waals surface area contributed by atoms with Crippen LogP contribution in [0.2, 0.25) is 0 Å². The van der Waals surface area contributed by atoms with E-state index in [0.29, 0.717) is 0 Å². The van der Waals surface area contributed by atoms with Crippen LogP contribution < -0.4 is 5.32 Å². The zero-order valence-electron chi connectivity index (χ0n) is 11.1. The second-order valence-corrected chi connectivity index (χ2v) is 6.61. The van der Waals surface area contributed by atoms with Crippen molar-refractivity contribution in [2.75, 3.05) is 13.7 Å². The third-order valence-corrected chi connectivity index (χ3v) is 4.73. The van der Waals surface area contributed by atoms with Gasteiger partial charge in [-0.25, -0.2) is 4.98 Å². The number of thiazole rings is 1. The quantitative estimate of drug-likeness (QED) is 0.735. The van der Waals surface area contributed by atoms with Gasteiger partial charge in [0, 0.05) is 43.5 Å². The van der Waals surface area contributed by atoms with E-state index < -0.39 is 0 Å². The van der Waals surface area contributed by atoms with Gasteiger partial charge in [0.1, 0.15) is 0 Å². The van der Waals surface area contributed by atoms with Crippen molar-refractivity contribution >= 4 is 11.3 Å². The van der Waals surface area contributed by atoms with Crippen molar-refractivity contribution in [1.82, 2.24) is 10.3 Å². The van der Waals surface area contributed by atoms with Gasteiger partial charge in [0.25, 0.3) is 0 Å². The molecule has 1 heterocycles. The molecule has 0 radical (unpaired) electrons. The number of ether oxygens (including phenoxy) is 1. The van der Waals surface area contributed by atoms with Gasteiger partial charge in [-0.3, -0.25) is 0 Å². The standard InChI is InChI=1S/C14H22N2OS/c1-17-8-2-3-13-16-14(10-4-5-10)12(18-13)9-15-11-6-7-11/h10-11,15H,2-9H2,1H3. The highest BCUT2D eigenvalue weighted by molar-refractivity contribution is 7.11. The molecule has 2 aliphatic carbocycles. The van der Waals surface area contributed by atoms with E-state index in [1.165, 1.54) is 41.3 Å². The van der Waals surface area contributed by atoms with E-state index in [1.807, 2.05) is 11.3 Å². The SMILES string of the molecule is COCCCc1nc(C2CC2)c(CNC2CC2)s1. The van der Waals surface area contributed by atoms with Crippen LogP contribution in [0.1, 0.15) is 53.6 Å². The van der Waals surface area contributed by atoms with Crippen molar-refractivity contribution < 1.29 is 4.74 Å². The summed E-state index contributed by atoms with van der Waals surface area (Å²) in [7, 11) is 1.77. The Morgan fingerprint density at radius 3 is 2.83 bits per heavy atom. The second-order valence-electron chi connectivity index (χ2n) is 5.44. The summed E-state index contributed by atoms with van der Waals surface area (Å²) in [6.07, 6.45) is 7.57. The van der Waals surface area contributed by atoms with Gasteiger partial charge in [0.15, 0.2) is 0 Å². The Labute approximate surface area is 113 Å². The van der Waals surface area contributed by atoms with Gasteiger partial charge < -0.3 is 10.1 Å². The first kappa shape index (κ1) is 12.6. The number of aryl methyl sites for hydroxylation is 1. The molecule has 3 nitrogen and oxygen atoms in total. The Bertz CT molecular complexity index is 396. The summed E-state index contributed by atoms with van der Waals surface area (Å²) in [4.78, 5) is 6.36. The predicted molar refractivity (Wildman–Crippen MR) is 74.1 cm³/mol. The molecule has 0 aliphatic heterocycles. The van der Waals surface area contributed by atoms with Crippen molar-refractivity contribution in [2.24, 2.45) is 0 Å². The Hall–Kier alpha value is -0.450. The number of hydrogen-bond acceptors (Lipinski definition) is 4. The number of nitrogens with zero attached hydrogens (tertiary/aromatic N) is 1. The molecule has 4 heteroatoms. The van der Waals surface area contributed by atoms with Gasteiger partial charge >= 0.3 is 0 Å². The van der Waals surface area contributed by atoms with Gasteiger partial charge in [-0.15, -0.1) is 11.3 Å². The Balaban J connectivity index is 1.61. The molecule has 2 saturated carbocycles. The summed E-state index contributed by atoms with van der Waals surface area (Å²) in [5.41, 5.74) is 1.40. The van der Waals surface area contributed by atoms with Crippen LogP contribution in [0, 0.1) is 0 Å². The van der Waals surface area contributed by atoms with E-state index in [2.05, 4.69) is 5.32 Å². The zero-order chi connectivity index (χ0) is 12.4. The number of methoxy groups -OCH3 is 1. The highest BCUT2D eigenvalue weighted by Gasteiger charge is 2.30. The Morgan fingerprint density at radius 2 is 2.17 bits per heavy atom. The molecule has 1 aromatic rings. The second kappa shape index (κ2) is 5.68. The fourth-order valence-electron chi connectivity index (χ4n) is 2.22. The van der Waals surface area contributed by atoms with E-state index in [1.54, 1.807) is 7.11 Å². The summed E-state index contributed by atoms with van der Waals surface area (Å²) < 4.78 is 5.11. The minimum absolute atomic E-state index is 0.772. The van der Waals surface area contributed by atoms with Gasteiger partial charge in [0.2, 0.25) is 0 Å². The van der Waals surface area contributed by atoms with Crippen molar-refractivity contribution in [3.8, 4) is 0 Å². The maximum atomic E-state index is 5.11. The summed E-state index contributed by atoms with van der Waals surface area (Å²) in [5.74, 6) is 0.772. The highest BCUT2D eigenvalue weighted by Crippen LogP contribution is 2.43. The number of aromatic nitrogens is 1. The molecule has 0 aromatic carbocycles. The Morgan fingerprint density at radius 1 is 1.33 bits per heavy atom. The fraction of sp³-hybridized carbons (Fsp3) is 0.786. The molecule has 0 spiro atoms. The van der Waals surface area contributed by atoms with Crippen molar-refractivity contribution in [2.45, 2.75) is 57.0 Å². The molecule has 2 fully saturated rings. The molecule has 3 rings (SSSR count). The first-order valence-electron chi connectivity index (χ1n) is 7.07. The lowest BCUT2D eigenvalue weighted by atomic mass is 10.2. The third-order valence-electron chi connectivity index (χ3n) is 3.60. The van der Waals surface area contributed by atoms with E-state index in [9.17, 15) is 0 Å². The highest BCUT2D eigenvalue weighted by atomic mass is 32.1. The van der Waals surface area contributed by atoms with E-state index in [0.717, 1.165) is 38.0 Å². The number of rotatable bonds is 8. The molecule has 100 valence electrons. The lowest BCUT2D eigenvalue weighted by molar-refractivity contribution is 0.195. The normalized spacial score (nSPS) is 19.4. The molecule has 0 unspecified atom stereocenters. The van der Waals surface area contributed by atoms with Crippen LogP contribution in [0.5, 0.6) is 0 Å². The average molecular weight is 266 g/mol. The van der Waals surface area contributed by atoms with Crippen LogP contribution in [-0.4, -0.2) is 24.7 Å². The minimum Gasteiger partial charge on any atom is -0.385 e. The predicted octanol–water partition coefficient (Wildman–Crippen LogP) is 2.85. The molecular weight excluding hydrogens is 244 g/mol. The summed E-state index contributed by atoms with van der Waals surface area (Å²) in [5, 5.41) is 4.93. The van der Waals surface area contributed by atoms with Crippen molar-refractivity contribution in [3.63, 3.8) is 0 Å². The molecule has 18 heavy (non-hydrogen) atoms. The monoisotopic (exact) mass is 266 g/mol. The van der Waals surface area contributed by atoms with Gasteiger partial charge in [-0.2, -0.15) is 0 Å². The number of nitrogens with one attached hydrogen (secondary N) is 1. The zero-order valence-corrected chi connectivity index (χ0v) is 11.9. The Kier molecular flexibility index (Phi) is 3.97. The van der Waals surface area contributed by atoms with Crippen LogP contribution in [0.3, 0.4) is 0 Å². The lowest BCUT2D eigenvalue weighted by Crippen LogP contribution is -2.15. The largest absolute Gasteiger partial charge is 0.385 e. The molecule has 0 amide bonds. The van der Waals surface area contributed by atoms with Crippen LogP contribution in [0.15, 0.2) is 0 Å². The molecule has 0 saturated heterocycles. The van der Waals surface area contributed by atoms with Gasteiger partial charge in [0.05, 0.1) is 10.7 Å². The van der Waals surface area contributed by atoms with Crippen LogP contribution >= 0.6 is 11.3 Å². The van der Waals surface area contributed by atoms with Gasteiger partial charge in [-0.1, -0.05) is 0 Å². The first-order valence-corrected chi connectivity index (χ1v) is 7.89. The van der Waals surface area contributed by atoms with E-state index >= 15 is 0 Å². The van der Waals surface area contributed by atoms with E-state index in [4.69, 9.17) is 9.72 Å². The van der Waals surface area contributed by atoms with Crippen LogP contribution in [-0.2, 0) is 17.7 Å². The van der Waals surface area contributed by atoms with Crippen LogP contribution in [0.4, 0.5) is 0 Å². The number of hydrogen-bond donors (Lipinski definition) is 1. The van der Waals surface area contributed by atoms with Crippen LogP contribution in [0.25, 0.3) is 0 Å². The smallest absolute Gasteiger partial charge is 0.0932 e. The van der Waals surface area contributed by atoms with Crippen molar-refractivity contribution in [1.29, 1.82) is 0 Å². The fourth-order valence-corrected chi connectivity index (χ4v) is 3.36. The molecule has 0 bridgehead atoms. The molecule has 1 N–H and O–H groups in total. The van der Waals surface area contributed by atoms with Gasteiger partial charge in [-0.05, 0) is 32.1 Å². The summed E-state index contributed by atoms with van der Waals surface area (Å²) >= 11 is 1.92. The minimum atomic E-state index is 0.772. The molecule has 0 atom stereocenters. The summed E-state index contributed by atoms with van der Waals surface area (Å²) in [6, 6.07) is 0.788. The maximum absolute atomic E-state index is 5.11. The molecular formula is C14H22N2OS.